The molecule has 1 N–H and O–H groups in total. The molecular weight excluding hydrogens is 228 g/mol. The van der Waals surface area contributed by atoms with E-state index in [-0.39, 0.29) is 24.1 Å². The van der Waals surface area contributed by atoms with Gasteiger partial charge in [-0.1, -0.05) is 0 Å². The third kappa shape index (κ3) is 2.35. The van der Waals surface area contributed by atoms with Crippen molar-refractivity contribution in [1.29, 1.82) is 0 Å². The SMILES string of the molecule is Cn1cc([N+](=O)[O-])c(N(CC(=O)O)C2CC2)n1. The van der Waals surface area contributed by atoms with Crippen LogP contribution in [0.25, 0.3) is 0 Å². The fourth-order valence-corrected chi connectivity index (χ4v) is 1.71. The molecule has 1 aliphatic carbocycles. The van der Waals surface area contributed by atoms with Gasteiger partial charge in [0.25, 0.3) is 0 Å². The highest BCUT2D eigenvalue weighted by molar-refractivity contribution is 5.75. The molecule has 8 heteroatoms. The van der Waals surface area contributed by atoms with Crippen LogP contribution in [0.4, 0.5) is 11.5 Å². The zero-order valence-corrected chi connectivity index (χ0v) is 9.24. The van der Waals surface area contributed by atoms with Crippen molar-refractivity contribution in [1.82, 2.24) is 9.78 Å². The Bertz CT molecular complexity index is 466. The molecule has 0 spiro atoms. The van der Waals surface area contributed by atoms with E-state index < -0.39 is 10.9 Å². The van der Waals surface area contributed by atoms with E-state index in [0.29, 0.717) is 0 Å². The lowest BCUT2D eigenvalue weighted by atomic mass is 10.4. The van der Waals surface area contributed by atoms with Crippen LogP contribution >= 0.6 is 0 Å². The summed E-state index contributed by atoms with van der Waals surface area (Å²) in [5.74, 6) is -0.876. The number of rotatable bonds is 5. The summed E-state index contributed by atoms with van der Waals surface area (Å²) >= 11 is 0. The average Bonchev–Trinajstić information content (AvgIpc) is 2.97. The van der Waals surface area contributed by atoms with E-state index in [1.807, 2.05) is 0 Å². The van der Waals surface area contributed by atoms with Gasteiger partial charge in [0, 0.05) is 13.1 Å². The molecule has 1 heterocycles. The molecule has 1 saturated carbocycles. The van der Waals surface area contributed by atoms with Gasteiger partial charge in [0.1, 0.15) is 12.7 Å². The lowest BCUT2D eigenvalue weighted by Crippen LogP contribution is -2.32. The number of anilines is 1. The third-order valence-electron chi connectivity index (χ3n) is 2.55. The smallest absolute Gasteiger partial charge is 0.330 e. The lowest BCUT2D eigenvalue weighted by Gasteiger charge is -2.18. The quantitative estimate of drug-likeness (QED) is 0.589. The maximum absolute atomic E-state index is 10.8. The lowest BCUT2D eigenvalue weighted by molar-refractivity contribution is -0.384. The molecule has 0 saturated heterocycles. The second-order valence-electron chi connectivity index (χ2n) is 4.02. The van der Waals surface area contributed by atoms with Crippen LogP contribution in [0.5, 0.6) is 0 Å². The molecule has 2 rings (SSSR count). The normalized spacial score (nSPS) is 14.6. The second kappa shape index (κ2) is 4.04. The Balaban J connectivity index is 2.34. The highest BCUT2D eigenvalue weighted by Gasteiger charge is 2.36. The first-order valence-electron chi connectivity index (χ1n) is 5.15. The van der Waals surface area contributed by atoms with Crippen LogP contribution in [-0.2, 0) is 11.8 Å². The summed E-state index contributed by atoms with van der Waals surface area (Å²) in [6.45, 7) is -0.261. The van der Waals surface area contributed by atoms with Gasteiger partial charge in [0.05, 0.1) is 4.92 Å². The molecule has 1 aromatic rings. The summed E-state index contributed by atoms with van der Waals surface area (Å²) in [6, 6.07) is 0.0553. The fraction of sp³-hybridized carbons (Fsp3) is 0.556. The van der Waals surface area contributed by atoms with Crippen molar-refractivity contribution in [2.75, 3.05) is 11.4 Å². The number of carboxylic acids is 1. The van der Waals surface area contributed by atoms with Gasteiger partial charge in [0.2, 0.25) is 5.82 Å². The Morgan fingerprint density at radius 3 is 2.88 bits per heavy atom. The minimum absolute atomic E-state index is 0.0553. The minimum atomic E-state index is -1.02. The number of nitrogens with zero attached hydrogens (tertiary/aromatic N) is 4. The summed E-state index contributed by atoms with van der Waals surface area (Å²) in [4.78, 5) is 22.5. The van der Waals surface area contributed by atoms with Gasteiger partial charge >= 0.3 is 11.7 Å². The average molecular weight is 240 g/mol. The maximum Gasteiger partial charge on any atom is 0.330 e. The highest BCUT2D eigenvalue weighted by atomic mass is 16.6. The highest BCUT2D eigenvalue weighted by Crippen LogP contribution is 2.35. The largest absolute Gasteiger partial charge is 0.480 e. The molecule has 0 unspecified atom stereocenters. The molecule has 17 heavy (non-hydrogen) atoms. The molecule has 0 aromatic carbocycles. The Kier molecular flexibility index (Phi) is 2.70. The van der Waals surface area contributed by atoms with E-state index in [1.54, 1.807) is 7.05 Å². The van der Waals surface area contributed by atoms with Crippen molar-refractivity contribution >= 4 is 17.5 Å². The van der Waals surface area contributed by atoms with Gasteiger partial charge < -0.3 is 10.0 Å². The molecule has 1 aromatic heterocycles. The predicted octanol–water partition coefficient (Wildman–Crippen LogP) is 0.382. The molecule has 0 radical (unpaired) electrons. The Morgan fingerprint density at radius 1 is 1.76 bits per heavy atom. The minimum Gasteiger partial charge on any atom is -0.480 e. The van der Waals surface area contributed by atoms with Crippen LogP contribution in [-0.4, -0.2) is 38.4 Å². The molecule has 1 aliphatic rings. The Hall–Kier alpha value is -2.12. The Labute approximate surface area is 96.6 Å². The molecule has 8 nitrogen and oxygen atoms in total. The van der Waals surface area contributed by atoms with E-state index >= 15 is 0 Å². The van der Waals surface area contributed by atoms with Crippen molar-refractivity contribution in [2.45, 2.75) is 18.9 Å². The molecule has 0 amide bonds. The summed E-state index contributed by atoms with van der Waals surface area (Å²) in [7, 11) is 1.57. The Morgan fingerprint density at radius 2 is 2.41 bits per heavy atom. The summed E-state index contributed by atoms with van der Waals surface area (Å²) < 4.78 is 1.32. The molecular formula is C9H12N4O4. The number of aryl methyl sites for hydroxylation is 1. The van der Waals surface area contributed by atoms with Crippen molar-refractivity contribution in [3.05, 3.63) is 16.3 Å². The fourth-order valence-electron chi connectivity index (χ4n) is 1.71. The first kappa shape index (κ1) is 11.4. The molecule has 92 valence electrons. The van der Waals surface area contributed by atoms with Crippen LogP contribution in [0.1, 0.15) is 12.8 Å². The monoisotopic (exact) mass is 240 g/mol. The van der Waals surface area contributed by atoms with Gasteiger partial charge in [-0.05, 0) is 12.8 Å². The topological polar surface area (TPSA) is 102 Å². The standard InChI is InChI=1S/C9H12N4O4/c1-11-4-7(13(16)17)9(10-11)12(5-8(14)15)6-2-3-6/h4,6H,2-3,5H2,1H3,(H,14,15). The van der Waals surface area contributed by atoms with E-state index in [0.717, 1.165) is 12.8 Å². The first-order valence-corrected chi connectivity index (χ1v) is 5.15. The van der Waals surface area contributed by atoms with Gasteiger partial charge in [-0.2, -0.15) is 0 Å². The maximum atomic E-state index is 10.8. The predicted molar refractivity (Wildman–Crippen MR) is 57.9 cm³/mol. The zero-order valence-electron chi connectivity index (χ0n) is 9.24. The first-order chi connectivity index (χ1) is 7.99. The summed E-state index contributed by atoms with van der Waals surface area (Å²) in [6.07, 6.45) is 2.98. The van der Waals surface area contributed by atoms with Crippen LogP contribution in [0.3, 0.4) is 0 Å². The van der Waals surface area contributed by atoms with Crippen molar-refractivity contribution in [3.8, 4) is 0 Å². The molecule has 0 atom stereocenters. The van der Waals surface area contributed by atoms with Crippen LogP contribution in [0, 0.1) is 10.1 Å². The molecule has 0 aliphatic heterocycles. The molecule has 1 fully saturated rings. The number of carbonyl (C=O) groups is 1. The van der Waals surface area contributed by atoms with Gasteiger partial charge in [-0.3, -0.25) is 19.6 Å². The van der Waals surface area contributed by atoms with Gasteiger partial charge in [0.15, 0.2) is 0 Å². The molecule has 0 bridgehead atoms. The van der Waals surface area contributed by atoms with E-state index in [9.17, 15) is 14.9 Å². The van der Waals surface area contributed by atoms with Crippen LogP contribution in [0.2, 0.25) is 0 Å². The number of aliphatic carboxylic acids is 1. The van der Waals surface area contributed by atoms with E-state index in [1.165, 1.54) is 15.8 Å². The number of aromatic nitrogens is 2. The number of hydrogen-bond donors (Lipinski definition) is 1. The van der Waals surface area contributed by atoms with Crippen molar-refractivity contribution in [2.24, 2.45) is 7.05 Å². The summed E-state index contributed by atoms with van der Waals surface area (Å²) in [5.41, 5.74) is -0.152. The number of carboxylic acid groups (broad SMARTS) is 1. The van der Waals surface area contributed by atoms with Gasteiger partial charge in [-0.15, -0.1) is 5.10 Å². The third-order valence-corrected chi connectivity index (χ3v) is 2.55. The van der Waals surface area contributed by atoms with Gasteiger partial charge in [-0.25, -0.2) is 0 Å². The summed E-state index contributed by atoms with van der Waals surface area (Å²) in [5, 5.41) is 23.6. The van der Waals surface area contributed by atoms with Crippen LogP contribution < -0.4 is 4.90 Å². The van der Waals surface area contributed by atoms with Crippen LogP contribution in [0.15, 0.2) is 6.20 Å². The zero-order chi connectivity index (χ0) is 12.6. The van der Waals surface area contributed by atoms with Crippen molar-refractivity contribution in [3.63, 3.8) is 0 Å². The van der Waals surface area contributed by atoms with E-state index in [2.05, 4.69) is 5.10 Å². The number of hydrogen-bond acceptors (Lipinski definition) is 5. The number of nitro groups is 1. The van der Waals surface area contributed by atoms with E-state index in [4.69, 9.17) is 5.11 Å². The second-order valence-corrected chi connectivity index (χ2v) is 4.02. The van der Waals surface area contributed by atoms with Crippen molar-refractivity contribution < 1.29 is 14.8 Å².